The maximum atomic E-state index is 5.93. The fourth-order valence-electron chi connectivity index (χ4n) is 2.81. The minimum Gasteiger partial charge on any atom is -0.359 e. The fourth-order valence-corrected chi connectivity index (χ4v) is 2.81. The summed E-state index contributed by atoms with van der Waals surface area (Å²) in [6.45, 7) is 12.2. The number of hydrogen-bond acceptors (Lipinski definition) is 3. The van der Waals surface area contributed by atoms with Crippen molar-refractivity contribution in [2.75, 3.05) is 19.7 Å². The van der Waals surface area contributed by atoms with Crippen molar-refractivity contribution in [3.05, 3.63) is 0 Å². The largest absolute Gasteiger partial charge is 0.359 e. The first kappa shape index (κ1) is 11.4. The third kappa shape index (κ3) is 2.19. The van der Waals surface area contributed by atoms with Crippen molar-refractivity contribution in [3.63, 3.8) is 0 Å². The molecule has 0 aromatic carbocycles. The Bertz CT molecular complexity index is 232. The maximum Gasteiger partial charge on any atom is 0.120 e. The van der Waals surface area contributed by atoms with Gasteiger partial charge in [0.1, 0.15) is 5.72 Å². The van der Waals surface area contributed by atoms with Crippen LogP contribution in [0.15, 0.2) is 0 Å². The second kappa shape index (κ2) is 4.04. The van der Waals surface area contributed by atoms with Crippen LogP contribution in [0.5, 0.6) is 0 Å². The molecular formula is C12H24N2O. The highest BCUT2D eigenvalue weighted by molar-refractivity contribution is 4.94. The molecule has 0 amide bonds. The molecule has 0 aliphatic carbocycles. The van der Waals surface area contributed by atoms with Gasteiger partial charge < -0.3 is 9.64 Å². The predicted molar refractivity (Wildman–Crippen MR) is 61.8 cm³/mol. The molecule has 2 heterocycles. The number of rotatable bonds is 2. The summed E-state index contributed by atoms with van der Waals surface area (Å²) >= 11 is 0. The van der Waals surface area contributed by atoms with Gasteiger partial charge >= 0.3 is 0 Å². The van der Waals surface area contributed by atoms with Gasteiger partial charge in [0.05, 0.1) is 6.61 Å². The normalized spacial score (nSPS) is 43.0. The third-order valence-corrected chi connectivity index (χ3v) is 3.90. The number of likely N-dealkylation sites (tertiary alicyclic amines) is 1. The molecule has 2 aliphatic rings. The van der Waals surface area contributed by atoms with Crippen LogP contribution in [0.3, 0.4) is 0 Å². The molecule has 88 valence electrons. The van der Waals surface area contributed by atoms with E-state index in [4.69, 9.17) is 4.74 Å². The molecule has 1 N–H and O–H groups in total. The van der Waals surface area contributed by atoms with E-state index in [0.717, 1.165) is 6.61 Å². The highest BCUT2D eigenvalue weighted by Gasteiger charge is 2.43. The van der Waals surface area contributed by atoms with E-state index in [1.807, 2.05) is 0 Å². The first-order valence-electron chi connectivity index (χ1n) is 6.17. The van der Waals surface area contributed by atoms with E-state index in [1.165, 1.54) is 19.5 Å². The molecule has 2 rings (SSSR count). The smallest absolute Gasteiger partial charge is 0.120 e. The standard InChI is InChI=1S/C12H24N2O/c1-9(2)14-6-5-11(7-14)12(4)13-10(3)8-15-12/h9-11,13H,5-8H2,1-4H3. The molecule has 2 aliphatic heterocycles. The van der Waals surface area contributed by atoms with E-state index in [1.54, 1.807) is 0 Å². The molecule has 3 heteroatoms. The molecule has 15 heavy (non-hydrogen) atoms. The van der Waals surface area contributed by atoms with Crippen LogP contribution in [0.4, 0.5) is 0 Å². The third-order valence-electron chi connectivity index (χ3n) is 3.90. The molecule has 3 unspecified atom stereocenters. The zero-order chi connectivity index (χ0) is 11.1. The summed E-state index contributed by atoms with van der Waals surface area (Å²) in [4.78, 5) is 2.55. The molecule has 0 aromatic heterocycles. The summed E-state index contributed by atoms with van der Waals surface area (Å²) in [6, 6.07) is 1.17. The first-order chi connectivity index (χ1) is 7.01. The van der Waals surface area contributed by atoms with Crippen molar-refractivity contribution in [1.29, 1.82) is 0 Å². The minimum absolute atomic E-state index is 0.0803. The van der Waals surface area contributed by atoms with Crippen molar-refractivity contribution in [1.82, 2.24) is 10.2 Å². The highest BCUT2D eigenvalue weighted by Crippen LogP contribution is 2.32. The molecule has 0 radical (unpaired) electrons. The van der Waals surface area contributed by atoms with Gasteiger partial charge in [0.25, 0.3) is 0 Å². The van der Waals surface area contributed by atoms with E-state index in [2.05, 4.69) is 37.9 Å². The molecule has 0 spiro atoms. The Balaban J connectivity index is 1.95. The lowest BCUT2D eigenvalue weighted by Gasteiger charge is -2.31. The fraction of sp³-hybridized carbons (Fsp3) is 1.00. The van der Waals surface area contributed by atoms with Crippen LogP contribution in [0.1, 0.15) is 34.1 Å². The molecular weight excluding hydrogens is 188 g/mol. The van der Waals surface area contributed by atoms with Crippen molar-refractivity contribution < 1.29 is 4.74 Å². The van der Waals surface area contributed by atoms with Crippen molar-refractivity contribution in [3.8, 4) is 0 Å². The Morgan fingerprint density at radius 3 is 2.67 bits per heavy atom. The summed E-state index contributed by atoms with van der Waals surface area (Å²) in [7, 11) is 0. The summed E-state index contributed by atoms with van der Waals surface area (Å²) in [5.74, 6) is 0.643. The van der Waals surface area contributed by atoms with Gasteiger partial charge in [-0.1, -0.05) is 0 Å². The van der Waals surface area contributed by atoms with E-state index in [9.17, 15) is 0 Å². The molecule has 3 nitrogen and oxygen atoms in total. The Labute approximate surface area is 93.2 Å². The van der Waals surface area contributed by atoms with Gasteiger partial charge in [-0.05, 0) is 40.7 Å². The Morgan fingerprint density at radius 2 is 2.20 bits per heavy atom. The first-order valence-corrected chi connectivity index (χ1v) is 6.17. The SMILES string of the molecule is CC1COC(C)(C2CCN(C(C)C)C2)N1. The number of nitrogens with zero attached hydrogens (tertiary/aromatic N) is 1. The Morgan fingerprint density at radius 1 is 1.47 bits per heavy atom. The zero-order valence-corrected chi connectivity index (χ0v) is 10.4. The number of ether oxygens (including phenoxy) is 1. The topological polar surface area (TPSA) is 24.5 Å². The van der Waals surface area contributed by atoms with Gasteiger partial charge in [-0.15, -0.1) is 0 Å². The number of hydrogen-bond donors (Lipinski definition) is 1. The van der Waals surface area contributed by atoms with Crippen LogP contribution >= 0.6 is 0 Å². The van der Waals surface area contributed by atoms with Crippen LogP contribution in [0, 0.1) is 5.92 Å². The molecule has 3 atom stereocenters. The number of nitrogens with one attached hydrogen (secondary N) is 1. The van der Waals surface area contributed by atoms with Gasteiger partial charge in [0.2, 0.25) is 0 Å². The van der Waals surface area contributed by atoms with Crippen LogP contribution in [-0.2, 0) is 4.74 Å². The van der Waals surface area contributed by atoms with Crippen molar-refractivity contribution >= 4 is 0 Å². The van der Waals surface area contributed by atoms with E-state index >= 15 is 0 Å². The molecule has 0 aromatic rings. The predicted octanol–water partition coefficient (Wildman–Crippen LogP) is 1.44. The van der Waals surface area contributed by atoms with Crippen LogP contribution < -0.4 is 5.32 Å². The maximum absolute atomic E-state index is 5.93. The van der Waals surface area contributed by atoms with E-state index in [0.29, 0.717) is 18.0 Å². The Kier molecular flexibility index (Phi) is 3.06. The van der Waals surface area contributed by atoms with Gasteiger partial charge in [-0.3, -0.25) is 5.32 Å². The van der Waals surface area contributed by atoms with Crippen LogP contribution in [-0.4, -0.2) is 42.4 Å². The highest BCUT2D eigenvalue weighted by atomic mass is 16.5. The molecule has 0 saturated carbocycles. The molecule has 2 fully saturated rings. The van der Waals surface area contributed by atoms with Crippen molar-refractivity contribution in [2.45, 2.75) is 51.9 Å². The average Bonchev–Trinajstić information content (AvgIpc) is 2.73. The van der Waals surface area contributed by atoms with Gasteiger partial charge in [-0.25, -0.2) is 0 Å². The summed E-state index contributed by atoms with van der Waals surface area (Å²) < 4.78 is 5.93. The average molecular weight is 212 g/mol. The quantitative estimate of drug-likeness (QED) is 0.749. The van der Waals surface area contributed by atoms with Crippen LogP contribution in [0.2, 0.25) is 0 Å². The Hall–Kier alpha value is -0.120. The summed E-state index contributed by atoms with van der Waals surface area (Å²) in [5, 5.41) is 3.58. The summed E-state index contributed by atoms with van der Waals surface area (Å²) in [5.41, 5.74) is -0.0803. The lowest BCUT2D eigenvalue weighted by molar-refractivity contribution is -0.0402. The van der Waals surface area contributed by atoms with Gasteiger partial charge in [-0.2, -0.15) is 0 Å². The summed E-state index contributed by atoms with van der Waals surface area (Å²) in [6.07, 6.45) is 1.26. The lowest BCUT2D eigenvalue weighted by atomic mass is 9.96. The van der Waals surface area contributed by atoms with Crippen LogP contribution in [0.25, 0.3) is 0 Å². The van der Waals surface area contributed by atoms with Crippen molar-refractivity contribution in [2.24, 2.45) is 5.92 Å². The minimum atomic E-state index is -0.0803. The lowest BCUT2D eigenvalue weighted by Crippen LogP contribution is -2.48. The second-order valence-electron chi connectivity index (χ2n) is 5.54. The monoisotopic (exact) mass is 212 g/mol. The van der Waals surface area contributed by atoms with E-state index in [-0.39, 0.29) is 5.72 Å². The van der Waals surface area contributed by atoms with Gasteiger partial charge in [0.15, 0.2) is 0 Å². The molecule has 0 bridgehead atoms. The molecule has 2 saturated heterocycles. The zero-order valence-electron chi connectivity index (χ0n) is 10.4. The second-order valence-corrected chi connectivity index (χ2v) is 5.54. The van der Waals surface area contributed by atoms with Gasteiger partial charge in [0, 0.05) is 24.5 Å². The van der Waals surface area contributed by atoms with E-state index < -0.39 is 0 Å².